The summed E-state index contributed by atoms with van der Waals surface area (Å²) in [7, 11) is 0. The quantitative estimate of drug-likeness (QED) is 0.876. The molecule has 1 fully saturated rings. The maximum absolute atomic E-state index is 12.9. The molecule has 27 heavy (non-hydrogen) atoms. The molecule has 0 aliphatic carbocycles. The molecule has 0 bridgehead atoms. The first-order chi connectivity index (χ1) is 12.9. The lowest BCUT2D eigenvalue weighted by atomic mass is 9.95. The second-order valence-corrected chi connectivity index (χ2v) is 7.44. The lowest BCUT2D eigenvalue weighted by Crippen LogP contribution is -2.38. The van der Waals surface area contributed by atoms with Gasteiger partial charge in [0, 0.05) is 24.7 Å². The van der Waals surface area contributed by atoms with Crippen LogP contribution in [0.4, 0.5) is 4.39 Å². The number of rotatable bonds is 5. The predicted octanol–water partition coefficient (Wildman–Crippen LogP) is 3.44. The fraction of sp³-hybridized carbons (Fsp3) is 0.476. The highest BCUT2D eigenvalue weighted by atomic mass is 19.1. The van der Waals surface area contributed by atoms with E-state index in [0.717, 1.165) is 37.3 Å². The Kier molecular flexibility index (Phi) is 6.16. The number of nitrogens with one attached hydrogen (secondary N) is 1. The number of piperidine rings is 1. The lowest BCUT2D eigenvalue weighted by molar-refractivity contribution is 0.0949. The molecular formula is C21H27FN4O. The average molecular weight is 370 g/mol. The van der Waals surface area contributed by atoms with E-state index in [2.05, 4.69) is 34.0 Å². The van der Waals surface area contributed by atoms with E-state index in [4.69, 9.17) is 0 Å². The lowest BCUT2D eigenvalue weighted by Gasteiger charge is -2.34. The summed E-state index contributed by atoms with van der Waals surface area (Å²) in [5.74, 6) is 0.697. The summed E-state index contributed by atoms with van der Waals surface area (Å²) in [6.45, 7) is 8.76. The van der Waals surface area contributed by atoms with Crippen LogP contribution in [0.2, 0.25) is 0 Å². The molecule has 0 spiro atoms. The molecule has 1 aliphatic heterocycles. The second-order valence-electron chi connectivity index (χ2n) is 7.44. The summed E-state index contributed by atoms with van der Waals surface area (Å²) >= 11 is 0. The standard InChI is InChI=1S/C21H27FN4O/c1-14(2)26-10-8-17(9-11-26)20-23-13-19(15(3)25-20)21(27)24-12-16-4-6-18(22)7-5-16/h4-7,13-14,17H,8-12H2,1-3H3,(H,24,27). The molecule has 144 valence electrons. The molecule has 2 aromatic rings. The molecule has 0 saturated carbocycles. The highest BCUT2D eigenvalue weighted by Crippen LogP contribution is 2.26. The van der Waals surface area contributed by atoms with Gasteiger partial charge in [0.1, 0.15) is 11.6 Å². The highest BCUT2D eigenvalue weighted by Gasteiger charge is 2.24. The number of hydrogen-bond acceptors (Lipinski definition) is 4. The average Bonchev–Trinajstić information content (AvgIpc) is 2.67. The number of nitrogens with zero attached hydrogens (tertiary/aromatic N) is 3. The van der Waals surface area contributed by atoms with Crippen molar-refractivity contribution in [1.29, 1.82) is 0 Å². The van der Waals surface area contributed by atoms with E-state index in [1.807, 2.05) is 6.92 Å². The SMILES string of the molecule is Cc1nc(C2CCN(C(C)C)CC2)ncc1C(=O)NCc1ccc(F)cc1. The van der Waals surface area contributed by atoms with Crippen LogP contribution in [0.3, 0.4) is 0 Å². The number of aromatic nitrogens is 2. The van der Waals surface area contributed by atoms with Crippen molar-refractivity contribution < 1.29 is 9.18 Å². The van der Waals surface area contributed by atoms with Crippen molar-refractivity contribution in [3.8, 4) is 0 Å². The maximum atomic E-state index is 12.9. The number of halogens is 1. The van der Waals surface area contributed by atoms with E-state index in [9.17, 15) is 9.18 Å². The summed E-state index contributed by atoms with van der Waals surface area (Å²) in [5.41, 5.74) is 2.03. The van der Waals surface area contributed by atoms with Crippen molar-refractivity contribution in [3.05, 3.63) is 58.9 Å². The van der Waals surface area contributed by atoms with Crippen molar-refractivity contribution in [3.63, 3.8) is 0 Å². The molecule has 1 amide bonds. The second kappa shape index (κ2) is 8.57. The topological polar surface area (TPSA) is 58.1 Å². The highest BCUT2D eigenvalue weighted by molar-refractivity contribution is 5.94. The number of carbonyl (C=O) groups is 1. The van der Waals surface area contributed by atoms with Gasteiger partial charge in [-0.15, -0.1) is 0 Å². The van der Waals surface area contributed by atoms with E-state index in [0.29, 0.717) is 29.8 Å². The van der Waals surface area contributed by atoms with Gasteiger partial charge in [-0.3, -0.25) is 4.79 Å². The van der Waals surface area contributed by atoms with Gasteiger partial charge in [-0.1, -0.05) is 12.1 Å². The summed E-state index contributed by atoms with van der Waals surface area (Å²) in [6.07, 6.45) is 3.73. The Bertz CT molecular complexity index is 783. The third-order valence-corrected chi connectivity index (χ3v) is 5.23. The first kappa shape index (κ1) is 19.4. The Balaban J connectivity index is 1.60. The van der Waals surface area contributed by atoms with Crippen LogP contribution in [0, 0.1) is 12.7 Å². The molecule has 0 unspecified atom stereocenters. The molecule has 1 saturated heterocycles. The Hall–Kier alpha value is -2.34. The minimum Gasteiger partial charge on any atom is -0.348 e. The van der Waals surface area contributed by atoms with Crippen molar-refractivity contribution in [1.82, 2.24) is 20.2 Å². The van der Waals surface area contributed by atoms with Crippen LogP contribution in [-0.4, -0.2) is 39.9 Å². The third-order valence-electron chi connectivity index (χ3n) is 5.23. The van der Waals surface area contributed by atoms with Crippen molar-refractivity contribution >= 4 is 5.91 Å². The zero-order valence-corrected chi connectivity index (χ0v) is 16.2. The number of amides is 1. The first-order valence-corrected chi connectivity index (χ1v) is 9.54. The van der Waals surface area contributed by atoms with Crippen LogP contribution in [0.1, 0.15) is 60.0 Å². The van der Waals surface area contributed by atoms with Crippen molar-refractivity contribution in [2.45, 2.75) is 52.1 Å². The minimum absolute atomic E-state index is 0.210. The molecule has 1 aromatic carbocycles. The smallest absolute Gasteiger partial charge is 0.254 e. The Morgan fingerprint density at radius 1 is 1.26 bits per heavy atom. The predicted molar refractivity (Wildman–Crippen MR) is 103 cm³/mol. The minimum atomic E-state index is -0.288. The van der Waals surface area contributed by atoms with Crippen molar-refractivity contribution in [2.24, 2.45) is 0 Å². The number of benzene rings is 1. The summed E-state index contributed by atoms with van der Waals surface area (Å²) in [5, 5.41) is 2.84. The van der Waals surface area contributed by atoms with Crippen LogP contribution < -0.4 is 5.32 Å². The third kappa shape index (κ3) is 4.89. The number of hydrogen-bond donors (Lipinski definition) is 1. The molecular weight excluding hydrogens is 343 g/mol. The van der Waals surface area contributed by atoms with Crippen LogP contribution in [0.15, 0.2) is 30.5 Å². The van der Waals surface area contributed by atoms with Gasteiger partial charge in [-0.2, -0.15) is 0 Å². The molecule has 2 heterocycles. The van der Waals surface area contributed by atoms with Crippen LogP contribution in [-0.2, 0) is 6.54 Å². The number of aryl methyl sites for hydroxylation is 1. The maximum Gasteiger partial charge on any atom is 0.254 e. The molecule has 1 N–H and O–H groups in total. The summed E-state index contributed by atoms with van der Waals surface area (Å²) in [4.78, 5) is 24.0. The monoisotopic (exact) mass is 370 g/mol. The van der Waals surface area contributed by atoms with Gasteiger partial charge in [0.2, 0.25) is 0 Å². The molecule has 0 radical (unpaired) electrons. The number of carbonyl (C=O) groups excluding carboxylic acids is 1. The van der Waals surface area contributed by atoms with E-state index in [-0.39, 0.29) is 11.7 Å². The molecule has 5 nitrogen and oxygen atoms in total. The molecule has 3 rings (SSSR count). The van der Waals surface area contributed by atoms with E-state index < -0.39 is 0 Å². The zero-order chi connectivity index (χ0) is 19.4. The van der Waals surface area contributed by atoms with Gasteiger partial charge >= 0.3 is 0 Å². The molecule has 0 atom stereocenters. The zero-order valence-electron chi connectivity index (χ0n) is 16.2. The van der Waals surface area contributed by atoms with Gasteiger partial charge in [-0.05, 0) is 64.4 Å². The van der Waals surface area contributed by atoms with Crippen LogP contribution >= 0.6 is 0 Å². The first-order valence-electron chi connectivity index (χ1n) is 9.54. The van der Waals surface area contributed by atoms with Gasteiger partial charge in [0.15, 0.2) is 0 Å². The van der Waals surface area contributed by atoms with Gasteiger partial charge in [-0.25, -0.2) is 14.4 Å². The molecule has 1 aromatic heterocycles. The normalized spacial score (nSPS) is 15.9. The number of likely N-dealkylation sites (tertiary alicyclic amines) is 1. The van der Waals surface area contributed by atoms with Gasteiger partial charge < -0.3 is 10.2 Å². The van der Waals surface area contributed by atoms with Crippen LogP contribution in [0.5, 0.6) is 0 Å². The van der Waals surface area contributed by atoms with E-state index in [1.165, 1.54) is 12.1 Å². The Labute approximate surface area is 160 Å². The van der Waals surface area contributed by atoms with E-state index >= 15 is 0 Å². The van der Waals surface area contributed by atoms with Gasteiger partial charge in [0.05, 0.1) is 11.3 Å². The Morgan fingerprint density at radius 2 is 1.93 bits per heavy atom. The Morgan fingerprint density at radius 3 is 2.52 bits per heavy atom. The van der Waals surface area contributed by atoms with Gasteiger partial charge in [0.25, 0.3) is 5.91 Å². The fourth-order valence-electron chi connectivity index (χ4n) is 3.46. The molecule has 6 heteroatoms. The largest absolute Gasteiger partial charge is 0.348 e. The summed E-state index contributed by atoms with van der Waals surface area (Å²) in [6, 6.07) is 6.66. The van der Waals surface area contributed by atoms with Crippen LogP contribution in [0.25, 0.3) is 0 Å². The fourth-order valence-corrected chi connectivity index (χ4v) is 3.46. The molecule has 1 aliphatic rings. The van der Waals surface area contributed by atoms with E-state index in [1.54, 1.807) is 18.3 Å². The van der Waals surface area contributed by atoms with Crippen molar-refractivity contribution in [2.75, 3.05) is 13.1 Å². The summed E-state index contributed by atoms with van der Waals surface area (Å²) < 4.78 is 12.9.